The molecule has 5 heteroatoms. The standard InChI is InChI=1S/C31H48O5/c1-8-20(18(3)4)11-10-19(5)21-12-13-22-26-23(14-15-29(21,22)6)30(7)17-31(35,28(34)36-9-2)27(33)24(30)16-25(26)32/h16,18-23,26,35H,8-15,17H2,1-7H3. The summed E-state index contributed by atoms with van der Waals surface area (Å²) >= 11 is 0. The molecule has 0 aliphatic heterocycles. The van der Waals surface area contributed by atoms with E-state index in [0.29, 0.717) is 29.2 Å². The molecule has 202 valence electrons. The summed E-state index contributed by atoms with van der Waals surface area (Å²) in [4.78, 5) is 39.5. The van der Waals surface area contributed by atoms with Crippen LogP contribution in [0.5, 0.6) is 0 Å². The lowest BCUT2D eigenvalue weighted by Gasteiger charge is -2.54. The maximum Gasteiger partial charge on any atom is 0.346 e. The molecule has 36 heavy (non-hydrogen) atoms. The van der Waals surface area contributed by atoms with Crippen molar-refractivity contribution in [2.75, 3.05) is 6.61 Å². The highest BCUT2D eigenvalue weighted by Gasteiger charge is 2.68. The average Bonchev–Trinajstić information content (AvgIpc) is 3.27. The van der Waals surface area contributed by atoms with Gasteiger partial charge in [0.05, 0.1) is 6.61 Å². The van der Waals surface area contributed by atoms with E-state index in [1.54, 1.807) is 6.92 Å². The summed E-state index contributed by atoms with van der Waals surface area (Å²) in [6.45, 7) is 15.6. The van der Waals surface area contributed by atoms with Gasteiger partial charge in [-0.25, -0.2) is 4.79 Å². The van der Waals surface area contributed by atoms with Crippen LogP contribution in [-0.2, 0) is 19.1 Å². The Kier molecular flexibility index (Phi) is 7.40. The molecule has 0 radical (unpaired) electrons. The fourth-order valence-corrected chi connectivity index (χ4v) is 9.32. The number of aliphatic hydroxyl groups is 1. The van der Waals surface area contributed by atoms with Crippen LogP contribution < -0.4 is 0 Å². The molecule has 9 unspecified atom stereocenters. The molecule has 9 atom stereocenters. The third-order valence-corrected chi connectivity index (χ3v) is 11.4. The molecule has 5 nitrogen and oxygen atoms in total. The number of ether oxygens (including phenoxy) is 1. The highest BCUT2D eigenvalue weighted by Crippen LogP contribution is 2.67. The van der Waals surface area contributed by atoms with Crippen molar-refractivity contribution in [2.45, 2.75) is 105 Å². The Bertz CT molecular complexity index is 935. The summed E-state index contributed by atoms with van der Waals surface area (Å²) in [5, 5.41) is 11.2. The molecular formula is C31H48O5. The zero-order chi connectivity index (χ0) is 26.6. The number of hydrogen-bond acceptors (Lipinski definition) is 5. The number of ketones is 2. The molecule has 0 aromatic rings. The van der Waals surface area contributed by atoms with Crippen molar-refractivity contribution in [1.29, 1.82) is 0 Å². The summed E-state index contributed by atoms with van der Waals surface area (Å²) in [5.41, 5.74) is -2.38. The monoisotopic (exact) mass is 500 g/mol. The van der Waals surface area contributed by atoms with Gasteiger partial charge in [-0.3, -0.25) is 9.59 Å². The van der Waals surface area contributed by atoms with Crippen LogP contribution in [0.2, 0.25) is 0 Å². The van der Waals surface area contributed by atoms with Gasteiger partial charge < -0.3 is 9.84 Å². The van der Waals surface area contributed by atoms with Crippen LogP contribution in [0.4, 0.5) is 0 Å². The number of carbonyl (C=O) groups is 3. The lowest BCUT2D eigenvalue weighted by molar-refractivity contribution is -0.169. The van der Waals surface area contributed by atoms with E-state index in [-0.39, 0.29) is 36.1 Å². The van der Waals surface area contributed by atoms with Gasteiger partial charge in [0.1, 0.15) is 0 Å². The maximum absolute atomic E-state index is 13.6. The Labute approximate surface area is 217 Å². The molecule has 0 aromatic heterocycles. The van der Waals surface area contributed by atoms with Gasteiger partial charge in [0.15, 0.2) is 5.78 Å². The molecule has 0 bridgehead atoms. The number of allylic oxidation sites excluding steroid dienone is 1. The third kappa shape index (κ3) is 4.03. The van der Waals surface area contributed by atoms with Crippen molar-refractivity contribution in [3.05, 3.63) is 11.6 Å². The molecule has 0 aromatic carbocycles. The zero-order valence-corrected chi connectivity index (χ0v) is 23.6. The molecule has 0 amide bonds. The quantitative estimate of drug-likeness (QED) is 0.330. The summed E-state index contributed by atoms with van der Waals surface area (Å²) < 4.78 is 5.08. The molecular weight excluding hydrogens is 452 g/mol. The van der Waals surface area contributed by atoms with Crippen LogP contribution >= 0.6 is 0 Å². The van der Waals surface area contributed by atoms with E-state index in [0.717, 1.165) is 31.6 Å². The Morgan fingerprint density at radius 1 is 1.08 bits per heavy atom. The van der Waals surface area contributed by atoms with E-state index in [1.165, 1.54) is 25.3 Å². The smallest absolute Gasteiger partial charge is 0.346 e. The van der Waals surface area contributed by atoms with Crippen molar-refractivity contribution < 1.29 is 24.2 Å². The summed E-state index contributed by atoms with van der Waals surface area (Å²) in [7, 11) is 0. The minimum atomic E-state index is -2.18. The third-order valence-electron chi connectivity index (χ3n) is 11.4. The second-order valence-corrected chi connectivity index (χ2v) is 13.4. The van der Waals surface area contributed by atoms with E-state index >= 15 is 0 Å². The van der Waals surface area contributed by atoms with Crippen LogP contribution in [0.1, 0.15) is 99.8 Å². The molecule has 0 spiro atoms. The number of rotatable bonds is 8. The van der Waals surface area contributed by atoms with Crippen LogP contribution in [0.15, 0.2) is 11.6 Å². The molecule has 0 heterocycles. The Hall–Kier alpha value is -1.49. The lowest BCUT2D eigenvalue weighted by atomic mass is 9.48. The van der Waals surface area contributed by atoms with Crippen molar-refractivity contribution in [3.8, 4) is 0 Å². The van der Waals surface area contributed by atoms with Crippen LogP contribution in [0.25, 0.3) is 0 Å². The summed E-state index contributed by atoms with van der Waals surface area (Å²) in [6.07, 6.45) is 9.38. The van der Waals surface area contributed by atoms with E-state index in [2.05, 4.69) is 34.6 Å². The minimum Gasteiger partial charge on any atom is -0.464 e. The molecule has 4 aliphatic rings. The van der Waals surface area contributed by atoms with Gasteiger partial charge in [-0.15, -0.1) is 0 Å². The zero-order valence-electron chi connectivity index (χ0n) is 23.6. The highest BCUT2D eigenvalue weighted by atomic mass is 16.5. The highest BCUT2D eigenvalue weighted by molar-refractivity contribution is 6.20. The molecule has 3 fully saturated rings. The first-order valence-electron chi connectivity index (χ1n) is 14.6. The van der Waals surface area contributed by atoms with Gasteiger partial charge in [-0.1, -0.05) is 54.4 Å². The van der Waals surface area contributed by atoms with Crippen molar-refractivity contribution in [2.24, 2.45) is 52.3 Å². The van der Waals surface area contributed by atoms with E-state index in [9.17, 15) is 19.5 Å². The van der Waals surface area contributed by atoms with Crippen LogP contribution in [0.3, 0.4) is 0 Å². The summed E-state index contributed by atoms with van der Waals surface area (Å²) in [5.74, 6) is 1.40. The topological polar surface area (TPSA) is 80.7 Å². The van der Waals surface area contributed by atoms with Gasteiger partial charge in [0.2, 0.25) is 11.4 Å². The van der Waals surface area contributed by atoms with Crippen molar-refractivity contribution in [1.82, 2.24) is 0 Å². The van der Waals surface area contributed by atoms with E-state index < -0.39 is 22.8 Å². The Morgan fingerprint density at radius 3 is 2.39 bits per heavy atom. The molecule has 0 saturated heterocycles. The fraction of sp³-hybridized carbons (Fsp3) is 0.839. The molecule has 4 rings (SSSR count). The summed E-state index contributed by atoms with van der Waals surface area (Å²) in [6, 6.07) is 0. The number of fused-ring (bicyclic) bond motifs is 5. The Balaban J connectivity index is 1.57. The Morgan fingerprint density at radius 2 is 1.78 bits per heavy atom. The maximum atomic E-state index is 13.6. The predicted octanol–water partition coefficient (Wildman–Crippen LogP) is 5.93. The SMILES string of the molecule is CCOC(=O)C1(O)CC2(C)C(=CC(=O)C3C2CCC2(C)C(C(C)CCC(CC)C(C)C)CCC32)C1=O. The number of esters is 1. The number of carbonyl (C=O) groups excluding carboxylic acids is 3. The first kappa shape index (κ1) is 27.5. The van der Waals surface area contributed by atoms with Gasteiger partial charge >= 0.3 is 5.97 Å². The predicted molar refractivity (Wildman–Crippen MR) is 140 cm³/mol. The molecule has 1 N–H and O–H groups in total. The van der Waals surface area contributed by atoms with E-state index in [1.807, 2.05) is 6.92 Å². The number of hydrogen-bond donors (Lipinski definition) is 1. The van der Waals surface area contributed by atoms with Gasteiger partial charge in [0.25, 0.3) is 0 Å². The average molecular weight is 501 g/mol. The molecule has 4 aliphatic carbocycles. The number of Topliss-reactive ketones (excluding diaryl/α,β-unsaturated/α-hetero) is 1. The van der Waals surface area contributed by atoms with Crippen molar-refractivity contribution in [3.63, 3.8) is 0 Å². The minimum absolute atomic E-state index is 0.0186. The fourth-order valence-electron chi connectivity index (χ4n) is 9.32. The first-order chi connectivity index (χ1) is 16.8. The van der Waals surface area contributed by atoms with Gasteiger partial charge in [0, 0.05) is 23.3 Å². The molecule has 3 saturated carbocycles. The van der Waals surface area contributed by atoms with Crippen LogP contribution in [-0.4, -0.2) is 34.9 Å². The van der Waals surface area contributed by atoms with Crippen molar-refractivity contribution >= 4 is 17.5 Å². The lowest BCUT2D eigenvalue weighted by Crippen LogP contribution is -2.52. The van der Waals surface area contributed by atoms with Gasteiger partial charge in [-0.2, -0.15) is 0 Å². The van der Waals surface area contributed by atoms with Gasteiger partial charge in [-0.05, 0) is 86.0 Å². The largest absolute Gasteiger partial charge is 0.464 e. The second-order valence-electron chi connectivity index (χ2n) is 13.4. The first-order valence-corrected chi connectivity index (χ1v) is 14.6. The van der Waals surface area contributed by atoms with E-state index in [4.69, 9.17) is 4.74 Å². The second kappa shape index (κ2) is 9.67. The normalized spacial score (nSPS) is 41.4. The van der Waals surface area contributed by atoms with Crippen LogP contribution in [0, 0.1) is 52.3 Å².